The number of hydrogen-bond donors (Lipinski definition) is 1. The average Bonchev–Trinajstić information content (AvgIpc) is 2.19. The maximum absolute atomic E-state index is 4.00. The van der Waals surface area contributed by atoms with Crippen LogP contribution in [0.15, 0.2) is 24.5 Å². The zero-order valence-electron chi connectivity index (χ0n) is 9.41. The van der Waals surface area contributed by atoms with Crippen LogP contribution in [0.3, 0.4) is 0 Å². The van der Waals surface area contributed by atoms with Crippen molar-refractivity contribution in [3.63, 3.8) is 0 Å². The summed E-state index contributed by atoms with van der Waals surface area (Å²) in [4.78, 5) is 6.22. The second-order valence-corrected chi connectivity index (χ2v) is 4.20. The van der Waals surface area contributed by atoms with Crippen molar-refractivity contribution >= 4 is 5.69 Å². The van der Waals surface area contributed by atoms with Gasteiger partial charge in [-0.3, -0.25) is 4.98 Å². The Morgan fingerprint density at radius 1 is 1.36 bits per heavy atom. The fraction of sp³-hybridized carbons (Fsp3) is 0.545. The van der Waals surface area contributed by atoms with Gasteiger partial charge < -0.3 is 10.2 Å². The Morgan fingerprint density at radius 3 is 2.43 bits per heavy atom. The Hall–Kier alpha value is -1.09. The van der Waals surface area contributed by atoms with Crippen molar-refractivity contribution in [1.82, 2.24) is 10.3 Å². The SMILES string of the molecule is CNC(C)(C)CN(C)c1ccncc1. The van der Waals surface area contributed by atoms with Crippen LogP contribution in [0.4, 0.5) is 5.69 Å². The van der Waals surface area contributed by atoms with Crippen LogP contribution in [0.2, 0.25) is 0 Å². The van der Waals surface area contributed by atoms with E-state index in [9.17, 15) is 0 Å². The summed E-state index contributed by atoms with van der Waals surface area (Å²) >= 11 is 0. The molecule has 0 aliphatic heterocycles. The summed E-state index contributed by atoms with van der Waals surface area (Å²) in [5, 5.41) is 3.28. The zero-order valence-corrected chi connectivity index (χ0v) is 9.41. The molecule has 0 atom stereocenters. The molecule has 0 aromatic carbocycles. The van der Waals surface area contributed by atoms with Crippen LogP contribution in [0.1, 0.15) is 13.8 Å². The largest absolute Gasteiger partial charge is 0.373 e. The summed E-state index contributed by atoms with van der Waals surface area (Å²) in [5.74, 6) is 0. The van der Waals surface area contributed by atoms with Crippen molar-refractivity contribution in [2.45, 2.75) is 19.4 Å². The summed E-state index contributed by atoms with van der Waals surface area (Å²) in [6, 6.07) is 4.04. The number of nitrogens with one attached hydrogen (secondary N) is 1. The van der Waals surface area contributed by atoms with Crippen molar-refractivity contribution in [3.05, 3.63) is 24.5 Å². The van der Waals surface area contributed by atoms with Gasteiger partial charge in [-0.05, 0) is 33.0 Å². The van der Waals surface area contributed by atoms with Gasteiger partial charge in [0.2, 0.25) is 0 Å². The predicted octanol–water partition coefficient (Wildman–Crippen LogP) is 1.52. The van der Waals surface area contributed by atoms with Crippen molar-refractivity contribution in [2.24, 2.45) is 0 Å². The number of anilines is 1. The first kappa shape index (κ1) is 11.0. The number of rotatable bonds is 4. The number of aromatic nitrogens is 1. The minimum absolute atomic E-state index is 0.123. The van der Waals surface area contributed by atoms with Crippen LogP contribution in [-0.2, 0) is 0 Å². The molecule has 1 rings (SSSR count). The smallest absolute Gasteiger partial charge is 0.0395 e. The lowest BCUT2D eigenvalue weighted by atomic mass is 10.1. The summed E-state index contributed by atoms with van der Waals surface area (Å²) in [6.45, 7) is 5.34. The molecule has 3 nitrogen and oxygen atoms in total. The minimum Gasteiger partial charge on any atom is -0.373 e. The molecule has 0 fully saturated rings. The van der Waals surface area contributed by atoms with Crippen LogP contribution >= 0.6 is 0 Å². The van der Waals surface area contributed by atoms with Gasteiger partial charge in [-0.25, -0.2) is 0 Å². The molecule has 3 heteroatoms. The highest BCUT2D eigenvalue weighted by Gasteiger charge is 2.17. The first-order chi connectivity index (χ1) is 6.55. The van der Waals surface area contributed by atoms with Crippen molar-refractivity contribution in [2.75, 3.05) is 25.5 Å². The zero-order chi connectivity index (χ0) is 10.6. The summed E-state index contributed by atoms with van der Waals surface area (Å²) < 4.78 is 0. The Morgan fingerprint density at radius 2 is 1.93 bits per heavy atom. The lowest BCUT2D eigenvalue weighted by Gasteiger charge is -2.31. The number of hydrogen-bond acceptors (Lipinski definition) is 3. The van der Waals surface area contributed by atoms with Crippen molar-refractivity contribution in [1.29, 1.82) is 0 Å². The van der Waals surface area contributed by atoms with E-state index < -0.39 is 0 Å². The van der Waals surface area contributed by atoms with Gasteiger partial charge in [0.1, 0.15) is 0 Å². The molecular formula is C11H19N3. The maximum atomic E-state index is 4.00. The first-order valence-electron chi connectivity index (χ1n) is 4.85. The van der Waals surface area contributed by atoms with Gasteiger partial charge in [0.25, 0.3) is 0 Å². The van der Waals surface area contributed by atoms with Crippen LogP contribution in [0.25, 0.3) is 0 Å². The van der Waals surface area contributed by atoms with Gasteiger partial charge in [0.05, 0.1) is 0 Å². The molecule has 0 bridgehead atoms. The molecule has 14 heavy (non-hydrogen) atoms. The van der Waals surface area contributed by atoms with Crippen molar-refractivity contribution in [3.8, 4) is 0 Å². The van der Waals surface area contributed by atoms with E-state index in [1.807, 2.05) is 31.6 Å². The van der Waals surface area contributed by atoms with Gasteiger partial charge >= 0.3 is 0 Å². The molecular weight excluding hydrogens is 174 g/mol. The van der Waals surface area contributed by atoms with E-state index in [4.69, 9.17) is 0 Å². The highest BCUT2D eigenvalue weighted by Crippen LogP contribution is 2.13. The molecule has 1 N–H and O–H groups in total. The maximum Gasteiger partial charge on any atom is 0.0395 e. The molecule has 0 unspecified atom stereocenters. The molecule has 1 aromatic heterocycles. The van der Waals surface area contributed by atoms with E-state index in [1.165, 1.54) is 5.69 Å². The molecule has 1 heterocycles. The molecule has 0 aliphatic carbocycles. The second kappa shape index (κ2) is 4.42. The highest BCUT2D eigenvalue weighted by molar-refractivity contribution is 5.43. The third-order valence-corrected chi connectivity index (χ3v) is 2.41. The van der Waals surface area contributed by atoms with Gasteiger partial charge in [-0.2, -0.15) is 0 Å². The topological polar surface area (TPSA) is 28.2 Å². The highest BCUT2D eigenvalue weighted by atomic mass is 15.1. The van der Waals surface area contributed by atoms with E-state index in [0.717, 1.165) is 6.54 Å². The molecule has 0 amide bonds. The monoisotopic (exact) mass is 193 g/mol. The fourth-order valence-electron chi connectivity index (χ4n) is 1.36. The Labute approximate surface area is 86.2 Å². The average molecular weight is 193 g/mol. The van der Waals surface area contributed by atoms with Gasteiger partial charge in [0, 0.05) is 37.2 Å². The molecule has 0 aliphatic rings. The van der Waals surface area contributed by atoms with Crippen LogP contribution in [-0.4, -0.2) is 31.2 Å². The number of likely N-dealkylation sites (N-methyl/N-ethyl adjacent to an activating group) is 2. The van der Waals surface area contributed by atoms with E-state index >= 15 is 0 Å². The van der Waals surface area contributed by atoms with Crippen LogP contribution in [0, 0.1) is 0 Å². The molecule has 0 saturated heterocycles. The first-order valence-corrected chi connectivity index (χ1v) is 4.85. The lowest BCUT2D eigenvalue weighted by Crippen LogP contribution is -2.46. The number of nitrogens with zero attached hydrogens (tertiary/aromatic N) is 2. The standard InChI is InChI=1S/C11H19N3/c1-11(2,12-3)9-14(4)10-5-7-13-8-6-10/h5-8,12H,9H2,1-4H3. The Bertz CT molecular complexity index is 269. The summed E-state index contributed by atoms with van der Waals surface area (Å²) in [5.41, 5.74) is 1.32. The third-order valence-electron chi connectivity index (χ3n) is 2.41. The van der Waals surface area contributed by atoms with E-state index in [2.05, 4.69) is 36.1 Å². The summed E-state index contributed by atoms with van der Waals surface area (Å²) in [6.07, 6.45) is 3.64. The molecule has 0 radical (unpaired) electrons. The Kier molecular flexibility index (Phi) is 3.47. The van der Waals surface area contributed by atoms with Crippen LogP contribution < -0.4 is 10.2 Å². The minimum atomic E-state index is 0.123. The van der Waals surface area contributed by atoms with Gasteiger partial charge in [-0.15, -0.1) is 0 Å². The summed E-state index contributed by atoms with van der Waals surface area (Å²) in [7, 11) is 4.08. The third kappa shape index (κ3) is 3.00. The molecule has 0 spiro atoms. The lowest BCUT2D eigenvalue weighted by molar-refractivity contribution is 0.428. The van der Waals surface area contributed by atoms with Crippen LogP contribution in [0.5, 0.6) is 0 Å². The van der Waals surface area contributed by atoms with E-state index in [1.54, 1.807) is 0 Å². The van der Waals surface area contributed by atoms with Gasteiger partial charge in [-0.1, -0.05) is 0 Å². The van der Waals surface area contributed by atoms with E-state index in [-0.39, 0.29) is 5.54 Å². The van der Waals surface area contributed by atoms with E-state index in [0.29, 0.717) is 0 Å². The second-order valence-electron chi connectivity index (χ2n) is 4.20. The molecule has 78 valence electrons. The van der Waals surface area contributed by atoms with Gasteiger partial charge in [0.15, 0.2) is 0 Å². The number of pyridine rings is 1. The Balaban J connectivity index is 2.64. The molecule has 1 aromatic rings. The molecule has 0 saturated carbocycles. The van der Waals surface area contributed by atoms with Crippen molar-refractivity contribution < 1.29 is 0 Å². The fourth-order valence-corrected chi connectivity index (χ4v) is 1.36. The quantitative estimate of drug-likeness (QED) is 0.785. The predicted molar refractivity (Wildman–Crippen MR) is 60.6 cm³/mol. The normalized spacial score (nSPS) is 11.4.